The van der Waals surface area contributed by atoms with Crippen molar-refractivity contribution >= 4 is 0 Å². The molecule has 0 bridgehead atoms. The third kappa shape index (κ3) is 2.65. The zero-order valence-corrected chi connectivity index (χ0v) is 10.6. The molecule has 0 amide bonds. The fourth-order valence-corrected chi connectivity index (χ4v) is 2.46. The monoisotopic (exact) mass is 239 g/mol. The number of nitrogens with zero attached hydrogens (tertiary/aromatic N) is 1. The van der Waals surface area contributed by atoms with E-state index in [1.165, 1.54) is 6.07 Å². The van der Waals surface area contributed by atoms with Gasteiger partial charge in [0.15, 0.2) is 0 Å². The molecule has 3 heteroatoms. The van der Waals surface area contributed by atoms with Gasteiger partial charge in [-0.25, -0.2) is 8.78 Å². The van der Waals surface area contributed by atoms with Crippen molar-refractivity contribution in [2.24, 2.45) is 0 Å². The van der Waals surface area contributed by atoms with Crippen molar-refractivity contribution in [3.05, 3.63) is 35.4 Å². The second-order valence-electron chi connectivity index (χ2n) is 5.77. The van der Waals surface area contributed by atoms with E-state index in [0.717, 1.165) is 25.6 Å². The number of halogens is 2. The fourth-order valence-electron chi connectivity index (χ4n) is 2.46. The van der Waals surface area contributed by atoms with Crippen LogP contribution in [-0.4, -0.2) is 23.5 Å². The van der Waals surface area contributed by atoms with Crippen molar-refractivity contribution in [1.82, 2.24) is 4.90 Å². The van der Waals surface area contributed by atoms with Gasteiger partial charge >= 0.3 is 0 Å². The fraction of sp³-hybridized carbons (Fsp3) is 0.571. The Morgan fingerprint density at radius 1 is 1.24 bits per heavy atom. The van der Waals surface area contributed by atoms with Gasteiger partial charge in [0, 0.05) is 24.1 Å². The summed E-state index contributed by atoms with van der Waals surface area (Å²) in [5, 5.41) is 0. The van der Waals surface area contributed by atoms with Gasteiger partial charge in [0.05, 0.1) is 0 Å². The molecule has 1 saturated heterocycles. The molecule has 0 radical (unpaired) electrons. The Morgan fingerprint density at radius 2 is 1.94 bits per heavy atom. The summed E-state index contributed by atoms with van der Waals surface area (Å²) in [5.74, 6) is -0.725. The molecule has 0 spiro atoms. The van der Waals surface area contributed by atoms with E-state index in [2.05, 4.69) is 25.7 Å². The maximum absolute atomic E-state index is 13.7. The first-order valence-electron chi connectivity index (χ1n) is 6.08. The van der Waals surface area contributed by atoms with Crippen LogP contribution in [0.4, 0.5) is 8.78 Å². The van der Waals surface area contributed by atoms with Crippen LogP contribution in [0.1, 0.15) is 38.7 Å². The van der Waals surface area contributed by atoms with Gasteiger partial charge in [-0.15, -0.1) is 0 Å². The molecule has 1 aliphatic heterocycles. The molecule has 0 saturated carbocycles. The van der Waals surface area contributed by atoms with E-state index < -0.39 is 11.6 Å². The van der Waals surface area contributed by atoms with E-state index in [1.54, 1.807) is 6.07 Å². The Bertz CT molecular complexity index is 409. The first-order chi connectivity index (χ1) is 7.88. The van der Waals surface area contributed by atoms with Crippen LogP contribution in [0.3, 0.4) is 0 Å². The number of rotatable bonds is 1. The molecule has 0 aromatic heterocycles. The lowest BCUT2D eigenvalue weighted by atomic mass is 9.97. The molecule has 1 aromatic rings. The van der Waals surface area contributed by atoms with Gasteiger partial charge < -0.3 is 0 Å². The third-order valence-corrected chi connectivity index (χ3v) is 3.54. The predicted molar refractivity (Wildman–Crippen MR) is 65.0 cm³/mol. The zero-order chi connectivity index (χ0) is 12.6. The quantitative estimate of drug-likeness (QED) is 0.724. The van der Waals surface area contributed by atoms with Gasteiger partial charge in [-0.2, -0.15) is 0 Å². The standard InChI is InChI=1S/C14H19F2N/c1-14(2,3)17-7-6-10(9-17)12-5-4-11(15)8-13(12)16/h4-5,8,10H,6-7,9H2,1-3H3. The normalized spacial score (nSPS) is 22.1. The van der Waals surface area contributed by atoms with E-state index in [4.69, 9.17) is 0 Å². The molecule has 94 valence electrons. The molecule has 1 unspecified atom stereocenters. The Hall–Kier alpha value is -0.960. The summed E-state index contributed by atoms with van der Waals surface area (Å²) in [7, 11) is 0. The van der Waals surface area contributed by atoms with Gasteiger partial charge in [-0.3, -0.25) is 4.90 Å². The van der Waals surface area contributed by atoms with Crippen LogP contribution in [0, 0.1) is 11.6 Å². The van der Waals surface area contributed by atoms with Crippen LogP contribution in [0.15, 0.2) is 18.2 Å². The Morgan fingerprint density at radius 3 is 2.47 bits per heavy atom. The Balaban J connectivity index is 2.15. The third-order valence-electron chi connectivity index (χ3n) is 3.54. The molecule has 1 aliphatic rings. The Labute approximate surface area is 101 Å². The lowest BCUT2D eigenvalue weighted by Crippen LogP contribution is -2.39. The molecule has 1 nitrogen and oxygen atoms in total. The van der Waals surface area contributed by atoms with Crippen molar-refractivity contribution in [2.45, 2.75) is 38.6 Å². The summed E-state index contributed by atoms with van der Waals surface area (Å²) in [6.45, 7) is 8.32. The average Bonchev–Trinajstić information content (AvgIpc) is 2.65. The van der Waals surface area contributed by atoms with Crippen LogP contribution in [0.5, 0.6) is 0 Å². The molecule has 17 heavy (non-hydrogen) atoms. The van der Waals surface area contributed by atoms with Gasteiger partial charge in [-0.1, -0.05) is 6.07 Å². The average molecular weight is 239 g/mol. The first kappa shape index (κ1) is 12.5. The lowest BCUT2D eigenvalue weighted by molar-refractivity contribution is 0.172. The number of benzene rings is 1. The second-order valence-corrected chi connectivity index (χ2v) is 5.77. The summed E-state index contributed by atoms with van der Waals surface area (Å²) in [4.78, 5) is 2.35. The van der Waals surface area contributed by atoms with Gasteiger partial charge in [-0.05, 0) is 45.4 Å². The molecule has 0 N–H and O–H groups in total. The van der Waals surface area contributed by atoms with E-state index in [0.29, 0.717) is 5.56 Å². The molecular weight excluding hydrogens is 220 g/mol. The van der Waals surface area contributed by atoms with Gasteiger partial charge in [0.2, 0.25) is 0 Å². The number of hydrogen-bond donors (Lipinski definition) is 0. The van der Waals surface area contributed by atoms with E-state index in [1.807, 2.05) is 0 Å². The van der Waals surface area contributed by atoms with Crippen molar-refractivity contribution in [3.8, 4) is 0 Å². The summed E-state index contributed by atoms with van der Waals surface area (Å²) in [6, 6.07) is 3.91. The molecule has 1 atom stereocenters. The predicted octanol–water partition coefficient (Wildman–Crippen LogP) is 3.55. The van der Waals surface area contributed by atoms with Gasteiger partial charge in [0.1, 0.15) is 11.6 Å². The van der Waals surface area contributed by atoms with Crippen LogP contribution in [-0.2, 0) is 0 Å². The number of hydrogen-bond acceptors (Lipinski definition) is 1. The highest BCUT2D eigenvalue weighted by Crippen LogP contribution is 2.32. The largest absolute Gasteiger partial charge is 0.298 e. The van der Waals surface area contributed by atoms with Crippen molar-refractivity contribution in [2.75, 3.05) is 13.1 Å². The lowest BCUT2D eigenvalue weighted by Gasteiger charge is -2.31. The molecular formula is C14H19F2N. The van der Waals surface area contributed by atoms with Crippen LogP contribution < -0.4 is 0 Å². The maximum Gasteiger partial charge on any atom is 0.129 e. The maximum atomic E-state index is 13.7. The Kier molecular flexibility index (Phi) is 3.21. The summed E-state index contributed by atoms with van der Waals surface area (Å²) in [5.41, 5.74) is 0.767. The second kappa shape index (κ2) is 4.37. The molecule has 0 aliphatic carbocycles. The topological polar surface area (TPSA) is 3.24 Å². The van der Waals surface area contributed by atoms with Crippen molar-refractivity contribution < 1.29 is 8.78 Å². The highest BCUT2D eigenvalue weighted by molar-refractivity contribution is 5.24. The van der Waals surface area contributed by atoms with Crippen LogP contribution >= 0.6 is 0 Å². The minimum absolute atomic E-state index is 0.116. The molecule has 1 heterocycles. The van der Waals surface area contributed by atoms with Crippen molar-refractivity contribution in [3.63, 3.8) is 0 Å². The first-order valence-corrected chi connectivity index (χ1v) is 6.08. The van der Waals surface area contributed by atoms with E-state index in [9.17, 15) is 8.78 Å². The minimum atomic E-state index is -0.503. The zero-order valence-electron chi connectivity index (χ0n) is 10.6. The summed E-state index contributed by atoms with van der Waals surface area (Å²) >= 11 is 0. The minimum Gasteiger partial charge on any atom is -0.298 e. The van der Waals surface area contributed by atoms with Crippen LogP contribution in [0.25, 0.3) is 0 Å². The van der Waals surface area contributed by atoms with E-state index >= 15 is 0 Å². The molecule has 2 rings (SSSR count). The molecule has 1 fully saturated rings. The smallest absolute Gasteiger partial charge is 0.129 e. The summed E-state index contributed by atoms with van der Waals surface area (Å²) < 4.78 is 26.5. The number of likely N-dealkylation sites (tertiary alicyclic amines) is 1. The van der Waals surface area contributed by atoms with E-state index in [-0.39, 0.29) is 11.5 Å². The highest BCUT2D eigenvalue weighted by Gasteiger charge is 2.32. The van der Waals surface area contributed by atoms with Gasteiger partial charge in [0.25, 0.3) is 0 Å². The van der Waals surface area contributed by atoms with Crippen molar-refractivity contribution in [1.29, 1.82) is 0 Å². The van der Waals surface area contributed by atoms with Crippen LogP contribution in [0.2, 0.25) is 0 Å². The highest BCUT2D eigenvalue weighted by atomic mass is 19.1. The SMILES string of the molecule is CC(C)(C)N1CCC(c2ccc(F)cc2F)C1. The summed E-state index contributed by atoms with van der Waals surface area (Å²) in [6.07, 6.45) is 0.944. The molecule has 1 aromatic carbocycles.